The topological polar surface area (TPSA) is 26.0 Å². The lowest BCUT2D eigenvalue weighted by molar-refractivity contribution is 0.344. The first kappa shape index (κ1) is 13.7. The average Bonchev–Trinajstić information content (AvgIpc) is 2.14. The van der Waals surface area contributed by atoms with Gasteiger partial charge in [0.25, 0.3) is 0 Å². The van der Waals surface area contributed by atoms with Gasteiger partial charge in [-0.2, -0.15) is 0 Å². The number of hydrogen-bond donors (Lipinski definition) is 1. The summed E-state index contributed by atoms with van der Waals surface area (Å²) < 4.78 is 13.9. The maximum atomic E-state index is 13.2. The Labute approximate surface area is 105 Å². The fourth-order valence-electron chi connectivity index (χ4n) is 1.68. The molecule has 0 heterocycles. The summed E-state index contributed by atoms with van der Waals surface area (Å²) in [6, 6.07) is 5.02. The first-order valence-corrected chi connectivity index (χ1v) is 6.40. The summed E-state index contributed by atoms with van der Waals surface area (Å²) in [5.41, 5.74) is 7.06. The summed E-state index contributed by atoms with van der Waals surface area (Å²) in [7, 11) is 0. The molecule has 0 bridgehead atoms. The quantitative estimate of drug-likeness (QED) is 0.897. The first-order chi connectivity index (χ1) is 7.40. The highest BCUT2D eigenvalue weighted by atomic mass is 79.9. The second kappa shape index (κ2) is 5.78. The fourth-order valence-corrected chi connectivity index (χ4v) is 2.19. The zero-order valence-electron chi connectivity index (χ0n) is 10.0. The van der Waals surface area contributed by atoms with Gasteiger partial charge in [0.15, 0.2) is 0 Å². The largest absolute Gasteiger partial charge is 0.327 e. The van der Waals surface area contributed by atoms with Crippen molar-refractivity contribution in [2.24, 2.45) is 17.6 Å². The Bertz CT molecular complexity index is 332. The maximum Gasteiger partial charge on any atom is 0.124 e. The van der Waals surface area contributed by atoms with Crippen molar-refractivity contribution in [1.82, 2.24) is 0 Å². The summed E-state index contributed by atoms with van der Waals surface area (Å²) in [5.74, 6) is 0.766. The molecule has 3 heteroatoms. The SMILES string of the molecule is CC(C)C(C)C(N)Cc1cc(F)cc(Br)c1. The van der Waals surface area contributed by atoms with Crippen molar-refractivity contribution >= 4 is 15.9 Å². The van der Waals surface area contributed by atoms with Gasteiger partial charge < -0.3 is 5.73 Å². The Hall–Kier alpha value is -0.410. The van der Waals surface area contributed by atoms with Gasteiger partial charge in [0.1, 0.15) is 5.82 Å². The lowest BCUT2D eigenvalue weighted by Gasteiger charge is -2.23. The highest BCUT2D eigenvalue weighted by molar-refractivity contribution is 9.10. The van der Waals surface area contributed by atoms with Crippen LogP contribution < -0.4 is 5.73 Å². The lowest BCUT2D eigenvalue weighted by Crippen LogP contribution is -2.33. The van der Waals surface area contributed by atoms with Crippen LogP contribution in [0.25, 0.3) is 0 Å². The van der Waals surface area contributed by atoms with E-state index in [0.717, 1.165) is 16.5 Å². The Morgan fingerprint density at radius 3 is 2.38 bits per heavy atom. The zero-order valence-corrected chi connectivity index (χ0v) is 11.6. The van der Waals surface area contributed by atoms with Crippen LogP contribution in [-0.4, -0.2) is 6.04 Å². The molecule has 0 fully saturated rings. The summed E-state index contributed by atoms with van der Waals surface area (Å²) in [5, 5.41) is 0. The molecule has 2 unspecified atom stereocenters. The third-order valence-electron chi connectivity index (χ3n) is 3.12. The van der Waals surface area contributed by atoms with Gasteiger partial charge in [-0.15, -0.1) is 0 Å². The van der Waals surface area contributed by atoms with Crippen LogP contribution in [0.5, 0.6) is 0 Å². The number of nitrogens with two attached hydrogens (primary N) is 1. The van der Waals surface area contributed by atoms with E-state index in [9.17, 15) is 4.39 Å². The second-order valence-electron chi connectivity index (χ2n) is 4.75. The predicted molar refractivity (Wildman–Crippen MR) is 69.8 cm³/mol. The van der Waals surface area contributed by atoms with Gasteiger partial charge in [-0.05, 0) is 42.0 Å². The molecule has 1 aromatic carbocycles. The number of hydrogen-bond acceptors (Lipinski definition) is 1. The van der Waals surface area contributed by atoms with Crippen molar-refractivity contribution in [1.29, 1.82) is 0 Å². The molecule has 1 nitrogen and oxygen atoms in total. The molecule has 0 saturated carbocycles. The Morgan fingerprint density at radius 1 is 1.25 bits per heavy atom. The van der Waals surface area contributed by atoms with Crippen LogP contribution in [0, 0.1) is 17.7 Å². The minimum atomic E-state index is -0.214. The standard InChI is InChI=1S/C13H19BrFN/c1-8(2)9(3)13(16)6-10-4-11(14)7-12(15)5-10/h4-5,7-9,13H,6,16H2,1-3H3. The van der Waals surface area contributed by atoms with Crippen LogP contribution in [0.15, 0.2) is 22.7 Å². The van der Waals surface area contributed by atoms with Gasteiger partial charge in [-0.1, -0.05) is 36.7 Å². The first-order valence-electron chi connectivity index (χ1n) is 5.60. The van der Waals surface area contributed by atoms with Gasteiger partial charge in [0.05, 0.1) is 0 Å². The summed E-state index contributed by atoms with van der Waals surface area (Å²) in [6.07, 6.45) is 0.718. The highest BCUT2D eigenvalue weighted by Crippen LogP contribution is 2.20. The van der Waals surface area contributed by atoms with E-state index in [0.29, 0.717) is 11.8 Å². The van der Waals surface area contributed by atoms with Crippen molar-refractivity contribution in [3.63, 3.8) is 0 Å². The van der Waals surface area contributed by atoms with E-state index in [4.69, 9.17) is 5.73 Å². The summed E-state index contributed by atoms with van der Waals surface area (Å²) in [4.78, 5) is 0. The summed E-state index contributed by atoms with van der Waals surface area (Å²) in [6.45, 7) is 6.46. The molecule has 2 N–H and O–H groups in total. The molecule has 2 atom stereocenters. The van der Waals surface area contributed by atoms with E-state index in [2.05, 4.69) is 36.7 Å². The van der Waals surface area contributed by atoms with E-state index in [1.54, 1.807) is 6.07 Å². The lowest BCUT2D eigenvalue weighted by atomic mass is 9.87. The van der Waals surface area contributed by atoms with Crippen LogP contribution in [0.3, 0.4) is 0 Å². The van der Waals surface area contributed by atoms with Gasteiger partial charge in [0, 0.05) is 10.5 Å². The monoisotopic (exact) mass is 287 g/mol. The van der Waals surface area contributed by atoms with Gasteiger partial charge in [-0.3, -0.25) is 0 Å². The smallest absolute Gasteiger partial charge is 0.124 e. The van der Waals surface area contributed by atoms with E-state index in [1.807, 2.05) is 6.07 Å². The molecular weight excluding hydrogens is 269 g/mol. The third kappa shape index (κ3) is 3.87. The van der Waals surface area contributed by atoms with Crippen LogP contribution >= 0.6 is 15.9 Å². The normalized spacial score (nSPS) is 15.2. The fraction of sp³-hybridized carbons (Fsp3) is 0.538. The number of rotatable bonds is 4. The molecule has 0 amide bonds. The van der Waals surface area contributed by atoms with Crippen LogP contribution in [0.2, 0.25) is 0 Å². The second-order valence-corrected chi connectivity index (χ2v) is 5.66. The molecule has 90 valence electrons. The van der Waals surface area contributed by atoms with Gasteiger partial charge in [-0.25, -0.2) is 4.39 Å². The van der Waals surface area contributed by atoms with E-state index < -0.39 is 0 Å². The molecule has 0 aliphatic heterocycles. The molecule has 0 spiro atoms. The third-order valence-corrected chi connectivity index (χ3v) is 3.58. The molecule has 1 rings (SSSR count). The molecule has 0 aliphatic rings. The zero-order chi connectivity index (χ0) is 12.3. The van der Waals surface area contributed by atoms with Gasteiger partial charge >= 0.3 is 0 Å². The maximum absolute atomic E-state index is 13.2. The van der Waals surface area contributed by atoms with Crippen LogP contribution in [0.1, 0.15) is 26.3 Å². The predicted octanol–water partition coefficient (Wildman–Crippen LogP) is 3.75. The highest BCUT2D eigenvalue weighted by Gasteiger charge is 2.16. The van der Waals surface area contributed by atoms with Crippen molar-refractivity contribution in [2.45, 2.75) is 33.2 Å². The Morgan fingerprint density at radius 2 is 1.88 bits per heavy atom. The van der Waals surface area contributed by atoms with E-state index >= 15 is 0 Å². The van der Waals surface area contributed by atoms with Gasteiger partial charge in [0.2, 0.25) is 0 Å². The number of benzene rings is 1. The van der Waals surface area contributed by atoms with Crippen LogP contribution in [0.4, 0.5) is 4.39 Å². The van der Waals surface area contributed by atoms with E-state index in [1.165, 1.54) is 6.07 Å². The van der Waals surface area contributed by atoms with Crippen molar-refractivity contribution in [3.8, 4) is 0 Å². The molecule has 0 radical (unpaired) electrons. The molecular formula is C13H19BrFN. The molecule has 0 aromatic heterocycles. The molecule has 0 saturated heterocycles. The molecule has 0 aliphatic carbocycles. The Kier molecular flexibility index (Phi) is 4.93. The number of halogens is 2. The van der Waals surface area contributed by atoms with Crippen LogP contribution in [-0.2, 0) is 6.42 Å². The minimum absolute atomic E-state index is 0.0775. The van der Waals surface area contributed by atoms with E-state index in [-0.39, 0.29) is 11.9 Å². The van der Waals surface area contributed by atoms with Crippen molar-refractivity contribution in [3.05, 3.63) is 34.1 Å². The molecule has 16 heavy (non-hydrogen) atoms. The summed E-state index contributed by atoms with van der Waals surface area (Å²) >= 11 is 3.29. The van der Waals surface area contributed by atoms with Crippen molar-refractivity contribution < 1.29 is 4.39 Å². The molecule has 1 aromatic rings. The average molecular weight is 288 g/mol. The van der Waals surface area contributed by atoms with Crippen molar-refractivity contribution in [2.75, 3.05) is 0 Å². The minimum Gasteiger partial charge on any atom is -0.327 e. The Balaban J connectivity index is 2.72.